The van der Waals surface area contributed by atoms with Crippen molar-refractivity contribution in [3.63, 3.8) is 0 Å². The number of benzene rings is 1. The predicted molar refractivity (Wildman–Crippen MR) is 47.5 cm³/mol. The second kappa shape index (κ2) is 4.87. The summed E-state index contributed by atoms with van der Waals surface area (Å²) in [5, 5.41) is 1.41. The van der Waals surface area contributed by atoms with Crippen LogP contribution in [0.2, 0.25) is 15.1 Å². The Hall–Kier alpha value is 1.09. The van der Waals surface area contributed by atoms with E-state index in [0.717, 1.165) is 0 Å². The molecule has 0 aliphatic heterocycles. The van der Waals surface area contributed by atoms with Crippen LogP contribution in [-0.2, 0) is 0 Å². The molecule has 0 aliphatic carbocycles. The van der Waals surface area contributed by atoms with E-state index in [1.807, 2.05) is 0 Å². The molecule has 0 saturated carbocycles. The Bertz CT molecular complexity index is 224. The van der Waals surface area contributed by atoms with Crippen LogP contribution in [0.5, 0.6) is 0 Å². The van der Waals surface area contributed by atoms with Crippen molar-refractivity contribution in [1.29, 1.82) is 0 Å². The minimum absolute atomic E-state index is 0. The summed E-state index contributed by atoms with van der Waals surface area (Å²) >= 11 is 16.7. The van der Waals surface area contributed by atoms with Crippen LogP contribution in [0.15, 0.2) is 12.1 Å². The molecule has 10 heavy (non-hydrogen) atoms. The Morgan fingerprint density at radius 1 is 1.10 bits per heavy atom. The second-order valence-electron chi connectivity index (χ2n) is 1.48. The molecular formula is C6H3Cl3Na. The summed E-state index contributed by atoms with van der Waals surface area (Å²) in [7, 11) is 0. The third-order valence-electron chi connectivity index (χ3n) is 0.818. The standard InChI is InChI=1S/C6H2Cl3.Na.H/c7-4-1-2-5(8)6(9)3-4;;/h2-3H;;. The molecule has 1 aromatic rings. The van der Waals surface area contributed by atoms with Gasteiger partial charge in [0.15, 0.2) is 0 Å². The molecule has 4 heteroatoms. The van der Waals surface area contributed by atoms with Gasteiger partial charge in [0.05, 0.1) is 15.1 Å². The molecule has 0 spiro atoms. The van der Waals surface area contributed by atoms with Gasteiger partial charge in [-0.2, -0.15) is 0 Å². The van der Waals surface area contributed by atoms with E-state index in [0.29, 0.717) is 15.1 Å². The molecule has 1 radical (unpaired) electrons. The Balaban J connectivity index is 0.000000810. The van der Waals surface area contributed by atoms with Crippen molar-refractivity contribution in [1.82, 2.24) is 0 Å². The zero-order valence-electron chi connectivity index (χ0n) is 4.29. The first kappa shape index (κ1) is 11.1. The van der Waals surface area contributed by atoms with Crippen molar-refractivity contribution in [3.05, 3.63) is 33.3 Å². The van der Waals surface area contributed by atoms with Gasteiger partial charge in [-0.25, -0.2) is 0 Å². The summed E-state index contributed by atoms with van der Waals surface area (Å²) in [6.45, 7) is 0. The number of halogens is 3. The summed E-state index contributed by atoms with van der Waals surface area (Å²) < 4.78 is 0. The average Bonchev–Trinajstić information content (AvgIpc) is 1.80. The van der Waals surface area contributed by atoms with Crippen LogP contribution in [-0.4, -0.2) is 29.6 Å². The monoisotopic (exact) mass is 203 g/mol. The first-order valence-corrected chi connectivity index (χ1v) is 3.36. The molecule has 0 atom stereocenters. The zero-order valence-corrected chi connectivity index (χ0v) is 6.56. The maximum absolute atomic E-state index is 5.58. The third-order valence-corrected chi connectivity index (χ3v) is 1.76. The van der Waals surface area contributed by atoms with E-state index in [1.54, 1.807) is 6.07 Å². The van der Waals surface area contributed by atoms with Crippen molar-refractivity contribution in [2.75, 3.05) is 0 Å². The van der Waals surface area contributed by atoms with E-state index in [1.165, 1.54) is 6.07 Å². The van der Waals surface area contributed by atoms with E-state index in [9.17, 15) is 0 Å². The first-order valence-electron chi connectivity index (χ1n) is 2.22. The quantitative estimate of drug-likeness (QED) is 0.450. The number of hydrogen-bond donors (Lipinski definition) is 0. The molecule has 49 valence electrons. The fourth-order valence-corrected chi connectivity index (χ4v) is 0.915. The van der Waals surface area contributed by atoms with Crippen LogP contribution < -0.4 is 0 Å². The van der Waals surface area contributed by atoms with Gasteiger partial charge < -0.3 is 0 Å². The van der Waals surface area contributed by atoms with Gasteiger partial charge in [0.1, 0.15) is 0 Å². The molecular weight excluding hydrogens is 201 g/mol. The Morgan fingerprint density at radius 2 is 1.70 bits per heavy atom. The van der Waals surface area contributed by atoms with Gasteiger partial charge in [0.25, 0.3) is 0 Å². The Morgan fingerprint density at radius 3 is 2.10 bits per heavy atom. The average molecular weight is 204 g/mol. The molecule has 0 saturated heterocycles. The normalized spacial score (nSPS) is 8.70. The van der Waals surface area contributed by atoms with Gasteiger partial charge in [0, 0.05) is 6.07 Å². The third kappa shape index (κ3) is 3.00. The van der Waals surface area contributed by atoms with Crippen molar-refractivity contribution >= 4 is 64.4 Å². The van der Waals surface area contributed by atoms with Crippen LogP contribution >= 0.6 is 34.8 Å². The maximum atomic E-state index is 5.58. The van der Waals surface area contributed by atoms with Crippen LogP contribution in [0.3, 0.4) is 0 Å². The van der Waals surface area contributed by atoms with Gasteiger partial charge in [-0.3, -0.25) is 0 Å². The molecule has 0 unspecified atom stereocenters. The zero-order chi connectivity index (χ0) is 6.85. The molecule has 1 aromatic carbocycles. The summed E-state index contributed by atoms with van der Waals surface area (Å²) in [5.74, 6) is 0. The molecule has 0 aliphatic rings. The van der Waals surface area contributed by atoms with Crippen LogP contribution in [0.25, 0.3) is 0 Å². The van der Waals surface area contributed by atoms with Gasteiger partial charge >= 0.3 is 29.6 Å². The SMILES string of the molecule is Clc1[c]cc(Cl)c(Cl)c1.[NaH]. The molecule has 0 heterocycles. The molecule has 1 rings (SSSR count). The fraction of sp³-hybridized carbons (Fsp3) is 0. The van der Waals surface area contributed by atoms with Gasteiger partial charge in [-0.1, -0.05) is 34.8 Å². The molecule has 0 bridgehead atoms. The van der Waals surface area contributed by atoms with Crippen molar-refractivity contribution in [2.24, 2.45) is 0 Å². The van der Waals surface area contributed by atoms with E-state index in [4.69, 9.17) is 34.8 Å². The predicted octanol–water partition coefficient (Wildman–Crippen LogP) is 2.80. The van der Waals surface area contributed by atoms with Gasteiger partial charge in [-0.15, -0.1) is 0 Å². The van der Waals surface area contributed by atoms with Crippen LogP contribution in [0.4, 0.5) is 0 Å². The molecule has 0 amide bonds. The summed E-state index contributed by atoms with van der Waals surface area (Å²) in [4.78, 5) is 0. The molecule has 0 N–H and O–H groups in total. The molecule has 0 fully saturated rings. The number of hydrogen-bond acceptors (Lipinski definition) is 0. The molecule has 0 nitrogen and oxygen atoms in total. The van der Waals surface area contributed by atoms with E-state index in [2.05, 4.69) is 6.07 Å². The Labute approximate surface area is 96.8 Å². The van der Waals surface area contributed by atoms with E-state index < -0.39 is 0 Å². The van der Waals surface area contributed by atoms with Crippen molar-refractivity contribution in [3.8, 4) is 0 Å². The summed E-state index contributed by atoms with van der Waals surface area (Å²) in [5.41, 5.74) is 0. The summed E-state index contributed by atoms with van der Waals surface area (Å²) in [6.07, 6.45) is 0. The topological polar surface area (TPSA) is 0 Å². The van der Waals surface area contributed by atoms with Crippen molar-refractivity contribution in [2.45, 2.75) is 0 Å². The molecule has 0 aromatic heterocycles. The van der Waals surface area contributed by atoms with Gasteiger partial charge in [-0.05, 0) is 12.1 Å². The first-order chi connectivity index (χ1) is 4.20. The number of rotatable bonds is 0. The van der Waals surface area contributed by atoms with Crippen LogP contribution in [0.1, 0.15) is 0 Å². The van der Waals surface area contributed by atoms with Crippen LogP contribution in [0, 0.1) is 6.07 Å². The van der Waals surface area contributed by atoms with E-state index >= 15 is 0 Å². The van der Waals surface area contributed by atoms with E-state index in [-0.39, 0.29) is 29.6 Å². The van der Waals surface area contributed by atoms with Gasteiger partial charge in [0.2, 0.25) is 0 Å². The fourth-order valence-electron chi connectivity index (χ4n) is 0.423. The summed E-state index contributed by atoms with van der Waals surface area (Å²) in [6, 6.07) is 5.77. The van der Waals surface area contributed by atoms with Crippen molar-refractivity contribution < 1.29 is 0 Å². The minimum atomic E-state index is 0. The Kier molecular flexibility index (Phi) is 5.40. The second-order valence-corrected chi connectivity index (χ2v) is 2.70.